The van der Waals surface area contributed by atoms with Crippen LogP contribution in [0.4, 0.5) is 0 Å². The van der Waals surface area contributed by atoms with Crippen molar-refractivity contribution in [2.24, 2.45) is 17.3 Å². The first-order valence-electron chi connectivity index (χ1n) is 22.6. The van der Waals surface area contributed by atoms with Gasteiger partial charge in [-0.05, 0) is 112 Å². The number of carbonyl (C=O) groups is 1. The highest BCUT2D eigenvalue weighted by Gasteiger charge is 2.61. The second-order valence-corrected chi connectivity index (χ2v) is 19.8. The zero-order valence-electron chi connectivity index (χ0n) is 36.8. The van der Waals surface area contributed by atoms with Crippen LogP contribution < -0.4 is 0 Å². The third-order valence-corrected chi connectivity index (χ3v) is 12.9. The largest absolute Gasteiger partial charge is 0.481 e. The molecule has 1 N–H and O–H groups in total. The minimum Gasteiger partial charge on any atom is -0.481 e. The summed E-state index contributed by atoms with van der Waals surface area (Å²) in [7, 11) is 0. The van der Waals surface area contributed by atoms with Gasteiger partial charge in [-0.25, -0.2) is 0 Å². The SMILES string of the molecule is CCCCCCCCCCC(C(=O)O)(C1CC(C)(C)N(OCCCCCCCC)C(C)(C)C1)C1CC(C)(C)N(OCCCCCCCC)C(C)(C)C1. The predicted octanol–water partition coefficient (Wildman–Crippen LogP) is 13.7. The second-order valence-electron chi connectivity index (χ2n) is 19.8. The predicted molar refractivity (Wildman–Crippen MR) is 221 cm³/mol. The molecule has 52 heavy (non-hydrogen) atoms. The summed E-state index contributed by atoms with van der Waals surface area (Å²) in [5.74, 6) is -0.423. The highest BCUT2D eigenvalue weighted by atomic mass is 16.7. The third kappa shape index (κ3) is 14.1. The Hall–Kier alpha value is -0.690. The molecule has 0 aromatic rings. The topological polar surface area (TPSA) is 62.2 Å². The zero-order chi connectivity index (χ0) is 38.9. The molecule has 0 aromatic carbocycles. The van der Waals surface area contributed by atoms with Crippen LogP contribution in [0, 0.1) is 17.3 Å². The quantitative estimate of drug-likeness (QED) is 0.0808. The Morgan fingerprint density at radius 2 is 0.769 bits per heavy atom. The maximum Gasteiger partial charge on any atom is 0.310 e. The number of hydroxylamine groups is 4. The van der Waals surface area contributed by atoms with E-state index in [2.05, 4.69) is 86.3 Å². The molecule has 0 aliphatic carbocycles. The fraction of sp³-hybridized carbons (Fsp3) is 0.978. The average molecular weight is 735 g/mol. The van der Waals surface area contributed by atoms with Gasteiger partial charge in [-0.15, -0.1) is 0 Å². The lowest BCUT2D eigenvalue weighted by Gasteiger charge is -2.61. The smallest absolute Gasteiger partial charge is 0.310 e. The van der Waals surface area contributed by atoms with Crippen LogP contribution in [0.1, 0.15) is 237 Å². The van der Waals surface area contributed by atoms with Crippen LogP contribution in [0.5, 0.6) is 0 Å². The number of carboxylic acid groups (broad SMARTS) is 1. The molecule has 0 radical (unpaired) electrons. The second kappa shape index (κ2) is 22.8. The highest BCUT2D eigenvalue weighted by molar-refractivity contribution is 5.76. The summed E-state index contributed by atoms with van der Waals surface area (Å²) in [6.45, 7) is 26.7. The van der Waals surface area contributed by atoms with E-state index in [4.69, 9.17) is 9.68 Å². The van der Waals surface area contributed by atoms with Crippen LogP contribution in [0.2, 0.25) is 0 Å². The van der Waals surface area contributed by atoms with Crippen LogP contribution in [0.25, 0.3) is 0 Å². The van der Waals surface area contributed by atoms with Crippen molar-refractivity contribution in [1.82, 2.24) is 10.1 Å². The van der Waals surface area contributed by atoms with Gasteiger partial charge in [0.25, 0.3) is 0 Å². The number of hydrogen-bond donors (Lipinski definition) is 1. The Morgan fingerprint density at radius 3 is 1.06 bits per heavy atom. The van der Waals surface area contributed by atoms with Gasteiger partial charge in [0.15, 0.2) is 0 Å². The van der Waals surface area contributed by atoms with E-state index in [-0.39, 0.29) is 34.0 Å². The van der Waals surface area contributed by atoms with E-state index < -0.39 is 11.4 Å². The summed E-state index contributed by atoms with van der Waals surface area (Å²) in [5.41, 5.74) is -1.84. The molecule has 2 fully saturated rings. The first-order valence-corrected chi connectivity index (χ1v) is 22.6. The Morgan fingerprint density at radius 1 is 0.500 bits per heavy atom. The van der Waals surface area contributed by atoms with Gasteiger partial charge in [-0.1, -0.05) is 136 Å². The minimum atomic E-state index is -0.790. The van der Waals surface area contributed by atoms with Gasteiger partial charge in [0.1, 0.15) is 0 Å². The lowest BCUT2D eigenvalue weighted by molar-refractivity contribution is -0.307. The van der Waals surface area contributed by atoms with Crippen LogP contribution in [-0.2, 0) is 14.5 Å². The maximum absolute atomic E-state index is 14.2. The summed E-state index contributed by atoms with van der Waals surface area (Å²) in [6, 6.07) is 0. The fourth-order valence-electron chi connectivity index (χ4n) is 10.8. The molecular formula is C46H90N2O4. The van der Waals surface area contributed by atoms with E-state index in [9.17, 15) is 9.90 Å². The van der Waals surface area contributed by atoms with Gasteiger partial charge in [0.2, 0.25) is 0 Å². The average Bonchev–Trinajstić information content (AvgIpc) is 3.04. The standard InChI is InChI=1S/C46H90N2O4/c1-12-15-18-21-24-25-26-29-32-46(41(49)50,39-35-42(4,5)47(43(6,7)36-39)51-33-30-27-22-19-16-13-2)40-37-44(8,9)48(45(10,11)38-40)52-34-31-28-23-20-17-14-3/h39-40H,12-38H2,1-11H3,(H,49,50). The number of hydrogen-bond acceptors (Lipinski definition) is 5. The number of nitrogens with zero attached hydrogens (tertiary/aromatic N) is 2. The Bertz CT molecular complexity index is 881. The van der Waals surface area contributed by atoms with E-state index in [1.165, 1.54) is 103 Å². The summed E-state index contributed by atoms with van der Waals surface area (Å²) in [6.07, 6.45) is 28.9. The van der Waals surface area contributed by atoms with E-state index in [1.807, 2.05) is 0 Å². The molecule has 2 aliphatic heterocycles. The summed E-state index contributed by atoms with van der Waals surface area (Å²) in [4.78, 5) is 27.5. The first kappa shape index (κ1) is 47.5. The van der Waals surface area contributed by atoms with Crippen LogP contribution in [0.3, 0.4) is 0 Å². The maximum atomic E-state index is 14.2. The van der Waals surface area contributed by atoms with Gasteiger partial charge in [0, 0.05) is 22.2 Å². The minimum absolute atomic E-state index is 0.0700. The number of unbranched alkanes of at least 4 members (excludes halogenated alkanes) is 17. The zero-order valence-corrected chi connectivity index (χ0v) is 36.8. The lowest BCUT2D eigenvalue weighted by Crippen LogP contribution is -2.67. The Labute approximate surface area is 324 Å². The summed E-state index contributed by atoms with van der Waals surface area (Å²) in [5, 5.41) is 16.2. The van der Waals surface area contributed by atoms with Crippen molar-refractivity contribution < 1.29 is 19.6 Å². The molecule has 6 heteroatoms. The van der Waals surface area contributed by atoms with E-state index >= 15 is 0 Å². The summed E-state index contributed by atoms with van der Waals surface area (Å²) >= 11 is 0. The molecule has 0 bridgehead atoms. The molecule has 6 nitrogen and oxygen atoms in total. The van der Waals surface area contributed by atoms with Crippen LogP contribution >= 0.6 is 0 Å². The van der Waals surface area contributed by atoms with Crippen molar-refractivity contribution in [3.8, 4) is 0 Å². The monoisotopic (exact) mass is 735 g/mol. The van der Waals surface area contributed by atoms with Crippen molar-refractivity contribution in [3.63, 3.8) is 0 Å². The molecule has 308 valence electrons. The van der Waals surface area contributed by atoms with Crippen molar-refractivity contribution in [3.05, 3.63) is 0 Å². The number of aliphatic carboxylic acids is 1. The fourth-order valence-corrected chi connectivity index (χ4v) is 10.8. The number of piperidine rings is 2. The molecular weight excluding hydrogens is 645 g/mol. The molecule has 0 saturated carbocycles. The van der Waals surface area contributed by atoms with Gasteiger partial charge >= 0.3 is 5.97 Å². The van der Waals surface area contributed by atoms with Gasteiger partial charge in [-0.2, -0.15) is 10.1 Å². The van der Waals surface area contributed by atoms with Gasteiger partial charge < -0.3 is 5.11 Å². The molecule has 2 aliphatic rings. The first-order chi connectivity index (χ1) is 24.5. The van der Waals surface area contributed by atoms with Crippen LogP contribution in [-0.4, -0.2) is 56.6 Å². The van der Waals surface area contributed by atoms with Crippen LogP contribution in [0.15, 0.2) is 0 Å². The third-order valence-electron chi connectivity index (χ3n) is 12.9. The number of carboxylic acids is 1. The van der Waals surface area contributed by atoms with Crippen molar-refractivity contribution in [2.45, 2.75) is 259 Å². The number of rotatable bonds is 28. The molecule has 0 unspecified atom stereocenters. The van der Waals surface area contributed by atoms with Gasteiger partial charge in [0.05, 0.1) is 18.6 Å². The van der Waals surface area contributed by atoms with E-state index in [0.717, 1.165) is 71.0 Å². The van der Waals surface area contributed by atoms with E-state index in [1.54, 1.807) is 0 Å². The van der Waals surface area contributed by atoms with E-state index in [0.29, 0.717) is 0 Å². The normalized spacial score (nSPS) is 21.1. The molecule has 2 heterocycles. The Balaban J connectivity index is 2.32. The van der Waals surface area contributed by atoms with Crippen molar-refractivity contribution in [2.75, 3.05) is 13.2 Å². The molecule has 2 rings (SSSR count). The lowest BCUT2D eigenvalue weighted by atomic mass is 9.52. The van der Waals surface area contributed by atoms with Crippen molar-refractivity contribution in [1.29, 1.82) is 0 Å². The van der Waals surface area contributed by atoms with Crippen molar-refractivity contribution >= 4 is 5.97 Å². The molecule has 2 saturated heterocycles. The van der Waals surface area contributed by atoms with Gasteiger partial charge in [-0.3, -0.25) is 14.5 Å². The summed E-state index contributed by atoms with van der Waals surface area (Å²) < 4.78 is 0. The molecule has 0 aromatic heterocycles. The molecule has 0 amide bonds. The Kier molecular flexibility index (Phi) is 20.8. The molecule has 0 atom stereocenters. The highest BCUT2D eigenvalue weighted by Crippen LogP contribution is 2.58. The molecule has 0 spiro atoms.